The second-order valence-corrected chi connectivity index (χ2v) is 5.85. The van der Waals surface area contributed by atoms with Gasteiger partial charge in [-0.1, -0.05) is 12.1 Å². The fourth-order valence-corrected chi connectivity index (χ4v) is 3.01. The van der Waals surface area contributed by atoms with E-state index in [1.54, 1.807) is 0 Å². The van der Waals surface area contributed by atoms with E-state index in [9.17, 15) is 31.1 Å². The quantitative estimate of drug-likeness (QED) is 0.801. The van der Waals surface area contributed by atoms with E-state index in [4.69, 9.17) is 0 Å². The lowest BCUT2D eigenvalue weighted by molar-refractivity contribution is -0.0437. The number of fused-ring (bicyclic) bond motifs is 1. The molecule has 2 atom stereocenters. The van der Waals surface area contributed by atoms with E-state index in [1.807, 2.05) is 0 Å². The van der Waals surface area contributed by atoms with Crippen molar-refractivity contribution >= 4 is 9.84 Å². The molecule has 100 valence electrons. The molecular weight excluding hydrogens is 276 g/mol. The van der Waals surface area contributed by atoms with Gasteiger partial charge < -0.3 is 5.11 Å². The fourth-order valence-electron chi connectivity index (χ4n) is 1.96. The van der Waals surface area contributed by atoms with Crippen molar-refractivity contribution in [3.05, 3.63) is 29.3 Å². The Labute approximate surface area is 100.0 Å². The third-order valence-electron chi connectivity index (χ3n) is 2.80. The number of sulfone groups is 1. The minimum absolute atomic E-state index is 0.0836. The molecule has 0 fully saturated rings. The Kier molecular flexibility index (Phi) is 2.90. The van der Waals surface area contributed by atoms with Gasteiger partial charge in [0.05, 0.1) is 4.90 Å². The standard InChI is InChI=1S/C10H8F4O3S/c11-6-4-5-2-1-3-7(8(5)9(6)15)18(16,17)10(12,13)14/h1-3,6,9,15H,4H2/t6-,9-/m1/s1. The van der Waals surface area contributed by atoms with Crippen LogP contribution in [0.1, 0.15) is 17.2 Å². The van der Waals surface area contributed by atoms with Gasteiger partial charge in [-0.05, 0) is 11.6 Å². The maximum atomic E-state index is 13.2. The molecule has 18 heavy (non-hydrogen) atoms. The highest BCUT2D eigenvalue weighted by molar-refractivity contribution is 7.92. The first-order chi connectivity index (χ1) is 8.16. The second-order valence-electron chi connectivity index (χ2n) is 3.94. The molecule has 8 heteroatoms. The minimum atomic E-state index is -5.58. The van der Waals surface area contributed by atoms with Crippen LogP contribution in [0.2, 0.25) is 0 Å². The summed E-state index contributed by atoms with van der Waals surface area (Å²) in [6.07, 6.45) is -3.92. The molecule has 1 aromatic rings. The van der Waals surface area contributed by atoms with Crippen molar-refractivity contribution in [2.24, 2.45) is 0 Å². The lowest BCUT2D eigenvalue weighted by atomic mass is 10.1. The van der Waals surface area contributed by atoms with Crippen LogP contribution >= 0.6 is 0 Å². The molecular formula is C10H8F4O3S. The van der Waals surface area contributed by atoms with Gasteiger partial charge in [0.25, 0.3) is 9.84 Å². The number of halogens is 4. The monoisotopic (exact) mass is 284 g/mol. The first-order valence-corrected chi connectivity index (χ1v) is 6.40. The smallest absolute Gasteiger partial charge is 0.385 e. The number of hydrogen-bond donors (Lipinski definition) is 1. The largest absolute Gasteiger partial charge is 0.501 e. The number of aliphatic hydroxyl groups excluding tert-OH is 1. The number of alkyl halides is 4. The van der Waals surface area contributed by atoms with Crippen molar-refractivity contribution < 1.29 is 31.1 Å². The van der Waals surface area contributed by atoms with Crippen LogP contribution in [0.15, 0.2) is 23.1 Å². The number of aliphatic hydroxyl groups is 1. The summed E-state index contributed by atoms with van der Waals surface area (Å²) in [5.41, 5.74) is -5.88. The van der Waals surface area contributed by atoms with E-state index >= 15 is 0 Å². The number of rotatable bonds is 1. The van der Waals surface area contributed by atoms with E-state index in [0.717, 1.165) is 12.1 Å². The summed E-state index contributed by atoms with van der Waals surface area (Å²) in [7, 11) is -5.58. The molecule has 0 aromatic heterocycles. The van der Waals surface area contributed by atoms with Gasteiger partial charge in [0.15, 0.2) is 0 Å². The topological polar surface area (TPSA) is 54.4 Å². The Morgan fingerprint density at radius 1 is 1.28 bits per heavy atom. The summed E-state index contributed by atoms with van der Waals surface area (Å²) in [5, 5.41) is 9.45. The van der Waals surface area contributed by atoms with Crippen LogP contribution in [0.5, 0.6) is 0 Å². The van der Waals surface area contributed by atoms with Gasteiger partial charge in [0, 0.05) is 12.0 Å². The Balaban J connectivity index is 2.67. The van der Waals surface area contributed by atoms with Gasteiger partial charge in [-0.15, -0.1) is 0 Å². The maximum Gasteiger partial charge on any atom is 0.501 e. The van der Waals surface area contributed by atoms with Gasteiger partial charge in [-0.3, -0.25) is 0 Å². The van der Waals surface area contributed by atoms with Crippen LogP contribution < -0.4 is 0 Å². The highest BCUT2D eigenvalue weighted by Gasteiger charge is 2.50. The highest BCUT2D eigenvalue weighted by atomic mass is 32.2. The van der Waals surface area contributed by atoms with Crippen LogP contribution in [0.25, 0.3) is 0 Å². The molecule has 3 nitrogen and oxygen atoms in total. The molecule has 0 aliphatic heterocycles. The summed E-state index contributed by atoms with van der Waals surface area (Å²) in [5.74, 6) is 0. The number of benzene rings is 1. The van der Waals surface area contributed by atoms with E-state index in [0.29, 0.717) is 0 Å². The Morgan fingerprint density at radius 2 is 1.89 bits per heavy atom. The lowest BCUT2D eigenvalue weighted by Gasteiger charge is -2.14. The van der Waals surface area contributed by atoms with Gasteiger partial charge in [0.1, 0.15) is 12.3 Å². The van der Waals surface area contributed by atoms with Crippen molar-refractivity contribution in [1.82, 2.24) is 0 Å². The van der Waals surface area contributed by atoms with Crippen LogP contribution in [-0.4, -0.2) is 25.2 Å². The zero-order valence-electron chi connectivity index (χ0n) is 8.78. The van der Waals surface area contributed by atoms with Crippen LogP contribution in [-0.2, 0) is 16.3 Å². The van der Waals surface area contributed by atoms with E-state index in [1.165, 1.54) is 6.07 Å². The van der Waals surface area contributed by atoms with Gasteiger partial charge >= 0.3 is 5.51 Å². The van der Waals surface area contributed by atoms with Crippen molar-refractivity contribution in [3.8, 4) is 0 Å². The number of hydrogen-bond acceptors (Lipinski definition) is 3. The summed E-state index contributed by atoms with van der Waals surface area (Å²) < 4.78 is 73.2. The van der Waals surface area contributed by atoms with Gasteiger partial charge in [-0.2, -0.15) is 13.2 Å². The highest BCUT2D eigenvalue weighted by Crippen LogP contribution is 2.41. The molecule has 0 saturated heterocycles. The van der Waals surface area contributed by atoms with Crippen molar-refractivity contribution in [1.29, 1.82) is 0 Å². The average molecular weight is 284 g/mol. The van der Waals surface area contributed by atoms with Crippen LogP contribution in [0, 0.1) is 0 Å². The molecule has 1 aliphatic rings. The normalized spacial score (nSPS) is 24.1. The molecule has 0 heterocycles. The van der Waals surface area contributed by atoms with Gasteiger partial charge in [-0.25, -0.2) is 12.8 Å². The lowest BCUT2D eigenvalue weighted by Crippen LogP contribution is -2.25. The van der Waals surface area contributed by atoms with E-state index in [-0.39, 0.29) is 12.0 Å². The summed E-state index contributed by atoms with van der Waals surface area (Å²) in [6.45, 7) is 0. The molecule has 1 N–H and O–H groups in total. The molecule has 0 spiro atoms. The predicted octanol–water partition coefficient (Wildman–Crippen LogP) is 1.91. The SMILES string of the molecule is O=S(=O)(c1cccc2c1[C@H](O)[C@H](F)C2)C(F)(F)F. The third-order valence-corrected chi connectivity index (χ3v) is 4.35. The summed E-state index contributed by atoms with van der Waals surface area (Å²) in [6, 6.07) is 3.12. The Bertz CT molecular complexity index is 579. The summed E-state index contributed by atoms with van der Waals surface area (Å²) >= 11 is 0. The average Bonchev–Trinajstić information content (AvgIpc) is 2.53. The molecule has 0 saturated carbocycles. The molecule has 0 unspecified atom stereocenters. The predicted molar refractivity (Wildman–Crippen MR) is 53.2 cm³/mol. The van der Waals surface area contributed by atoms with E-state index < -0.39 is 38.1 Å². The Hall–Kier alpha value is -1.15. The summed E-state index contributed by atoms with van der Waals surface area (Å²) in [4.78, 5) is -1.07. The van der Waals surface area contributed by atoms with Crippen molar-refractivity contribution in [3.63, 3.8) is 0 Å². The van der Waals surface area contributed by atoms with Crippen LogP contribution in [0.3, 0.4) is 0 Å². The van der Waals surface area contributed by atoms with Gasteiger partial charge in [0.2, 0.25) is 0 Å². The first-order valence-electron chi connectivity index (χ1n) is 4.91. The van der Waals surface area contributed by atoms with Crippen molar-refractivity contribution in [2.45, 2.75) is 29.1 Å². The fraction of sp³-hybridized carbons (Fsp3) is 0.400. The third kappa shape index (κ3) is 1.79. The zero-order valence-corrected chi connectivity index (χ0v) is 9.59. The first kappa shape index (κ1) is 13.3. The molecule has 0 radical (unpaired) electrons. The Morgan fingerprint density at radius 3 is 2.44 bits per heavy atom. The molecule has 0 amide bonds. The van der Waals surface area contributed by atoms with Crippen LogP contribution in [0.4, 0.5) is 17.6 Å². The zero-order chi connectivity index (χ0) is 13.7. The molecule has 2 rings (SSSR count). The molecule has 1 aliphatic carbocycles. The maximum absolute atomic E-state index is 13.2. The minimum Gasteiger partial charge on any atom is -0.385 e. The second kappa shape index (κ2) is 3.92. The van der Waals surface area contributed by atoms with Crippen molar-refractivity contribution in [2.75, 3.05) is 0 Å². The van der Waals surface area contributed by atoms with E-state index in [2.05, 4.69) is 0 Å². The molecule has 1 aromatic carbocycles. The molecule has 0 bridgehead atoms.